The summed E-state index contributed by atoms with van der Waals surface area (Å²) in [4.78, 5) is 28.6. The van der Waals surface area contributed by atoms with Crippen LogP contribution in [0.2, 0.25) is 0 Å². The molecule has 7 nitrogen and oxygen atoms in total. The highest BCUT2D eigenvalue weighted by Gasteiger charge is 2.25. The largest absolute Gasteiger partial charge is 0.352 e. The second-order valence-corrected chi connectivity index (χ2v) is 5.36. The van der Waals surface area contributed by atoms with Crippen LogP contribution in [0.1, 0.15) is 49.9 Å². The van der Waals surface area contributed by atoms with Crippen molar-refractivity contribution < 1.29 is 14.1 Å². The predicted octanol–water partition coefficient (Wildman–Crippen LogP) is 3.01. The molecule has 2 heterocycles. The molecule has 7 heteroatoms. The summed E-state index contributed by atoms with van der Waals surface area (Å²) in [6.45, 7) is 4.49. The van der Waals surface area contributed by atoms with E-state index in [2.05, 4.69) is 20.8 Å². The Bertz CT molecular complexity index is 682. The number of amides is 2. The highest BCUT2D eigenvalue weighted by atomic mass is 16.5. The van der Waals surface area contributed by atoms with Gasteiger partial charge < -0.3 is 9.84 Å². The lowest BCUT2D eigenvalue weighted by atomic mass is 10.1. The van der Waals surface area contributed by atoms with Gasteiger partial charge in [-0.1, -0.05) is 31.5 Å². The third-order valence-electron chi connectivity index (χ3n) is 3.37. The van der Waals surface area contributed by atoms with Gasteiger partial charge in [0.25, 0.3) is 5.91 Å². The first-order chi connectivity index (χ1) is 11.7. The molecule has 2 N–H and O–H groups in total. The number of pyridine rings is 1. The smallest absolute Gasteiger partial charge is 0.259 e. The molecule has 0 aliphatic heterocycles. The van der Waals surface area contributed by atoms with E-state index in [1.54, 1.807) is 24.4 Å². The Morgan fingerprint density at radius 2 is 2.04 bits per heavy atom. The SMILES string of the molecule is CCCCNC(=O)c1c(-c2ccccn2)noc1NC(=O)CCC. The molecule has 2 aromatic rings. The summed E-state index contributed by atoms with van der Waals surface area (Å²) >= 11 is 0. The molecule has 0 unspecified atom stereocenters. The van der Waals surface area contributed by atoms with Crippen LogP contribution in [0, 0.1) is 0 Å². The quantitative estimate of drug-likeness (QED) is 0.725. The van der Waals surface area contributed by atoms with Crippen LogP contribution in [-0.4, -0.2) is 28.5 Å². The van der Waals surface area contributed by atoms with Gasteiger partial charge in [-0.05, 0) is 25.0 Å². The molecule has 2 aromatic heterocycles. The van der Waals surface area contributed by atoms with Crippen LogP contribution in [0.25, 0.3) is 11.4 Å². The van der Waals surface area contributed by atoms with Crippen molar-refractivity contribution in [3.63, 3.8) is 0 Å². The maximum absolute atomic E-state index is 12.5. The molecule has 0 saturated heterocycles. The van der Waals surface area contributed by atoms with Gasteiger partial charge in [0.05, 0.1) is 5.69 Å². The van der Waals surface area contributed by atoms with Crippen LogP contribution in [0.4, 0.5) is 5.88 Å². The van der Waals surface area contributed by atoms with E-state index >= 15 is 0 Å². The fourth-order valence-electron chi connectivity index (χ4n) is 2.15. The van der Waals surface area contributed by atoms with Gasteiger partial charge >= 0.3 is 0 Å². The predicted molar refractivity (Wildman–Crippen MR) is 90.5 cm³/mol. The average molecular weight is 330 g/mol. The summed E-state index contributed by atoms with van der Waals surface area (Å²) in [5.74, 6) is -0.496. The Hall–Kier alpha value is -2.70. The molecular weight excluding hydrogens is 308 g/mol. The highest BCUT2D eigenvalue weighted by molar-refractivity contribution is 6.06. The van der Waals surface area contributed by atoms with Gasteiger partial charge in [-0.3, -0.25) is 19.9 Å². The van der Waals surface area contributed by atoms with E-state index in [1.165, 1.54) is 0 Å². The van der Waals surface area contributed by atoms with E-state index in [0.717, 1.165) is 12.8 Å². The molecule has 2 amide bonds. The number of nitrogens with zero attached hydrogens (tertiary/aromatic N) is 2. The zero-order chi connectivity index (χ0) is 17.4. The van der Waals surface area contributed by atoms with Crippen LogP contribution in [0.15, 0.2) is 28.9 Å². The molecule has 0 bridgehead atoms. The number of carbonyl (C=O) groups is 2. The number of rotatable bonds is 8. The summed E-state index contributed by atoms with van der Waals surface area (Å²) < 4.78 is 5.21. The summed E-state index contributed by atoms with van der Waals surface area (Å²) in [7, 11) is 0. The van der Waals surface area contributed by atoms with E-state index in [-0.39, 0.29) is 23.3 Å². The number of hydrogen-bond acceptors (Lipinski definition) is 5. The van der Waals surface area contributed by atoms with E-state index in [0.29, 0.717) is 30.8 Å². The van der Waals surface area contributed by atoms with Crippen molar-refractivity contribution in [1.29, 1.82) is 0 Å². The van der Waals surface area contributed by atoms with E-state index in [4.69, 9.17) is 4.52 Å². The second-order valence-electron chi connectivity index (χ2n) is 5.36. The third-order valence-corrected chi connectivity index (χ3v) is 3.37. The molecule has 0 aliphatic carbocycles. The van der Waals surface area contributed by atoms with Crippen molar-refractivity contribution in [2.75, 3.05) is 11.9 Å². The number of unbranched alkanes of at least 4 members (excludes halogenated alkanes) is 1. The molecule has 0 radical (unpaired) electrons. The minimum Gasteiger partial charge on any atom is -0.352 e. The lowest BCUT2D eigenvalue weighted by Crippen LogP contribution is -2.26. The molecular formula is C17H22N4O3. The fourth-order valence-corrected chi connectivity index (χ4v) is 2.15. The van der Waals surface area contributed by atoms with Crippen LogP contribution >= 0.6 is 0 Å². The molecule has 0 spiro atoms. The molecule has 0 aliphatic rings. The molecule has 0 atom stereocenters. The van der Waals surface area contributed by atoms with Gasteiger partial charge in [0.2, 0.25) is 11.8 Å². The van der Waals surface area contributed by atoms with Crippen molar-refractivity contribution >= 4 is 17.7 Å². The van der Waals surface area contributed by atoms with Crippen LogP contribution in [0.3, 0.4) is 0 Å². The van der Waals surface area contributed by atoms with Crippen molar-refractivity contribution in [3.8, 4) is 11.4 Å². The number of aromatic nitrogens is 2. The van der Waals surface area contributed by atoms with Gasteiger partial charge in [-0.15, -0.1) is 0 Å². The third kappa shape index (κ3) is 4.41. The summed E-state index contributed by atoms with van der Waals surface area (Å²) in [6.07, 6.45) is 4.49. The zero-order valence-corrected chi connectivity index (χ0v) is 14.0. The highest BCUT2D eigenvalue weighted by Crippen LogP contribution is 2.27. The first-order valence-corrected chi connectivity index (χ1v) is 8.16. The first kappa shape index (κ1) is 17.7. The Morgan fingerprint density at radius 3 is 2.71 bits per heavy atom. The first-order valence-electron chi connectivity index (χ1n) is 8.16. The minimum atomic E-state index is -0.336. The lowest BCUT2D eigenvalue weighted by Gasteiger charge is -2.06. The Balaban J connectivity index is 2.32. The topological polar surface area (TPSA) is 97.1 Å². The second kappa shape index (κ2) is 8.81. The molecule has 0 aromatic carbocycles. The summed E-state index contributed by atoms with van der Waals surface area (Å²) in [5, 5.41) is 9.38. The molecule has 128 valence electrons. The van der Waals surface area contributed by atoms with Crippen LogP contribution in [0.5, 0.6) is 0 Å². The Morgan fingerprint density at radius 1 is 1.21 bits per heavy atom. The fraction of sp³-hybridized carbons (Fsp3) is 0.412. The van der Waals surface area contributed by atoms with Gasteiger partial charge in [0.15, 0.2) is 0 Å². The molecule has 0 fully saturated rings. The van der Waals surface area contributed by atoms with E-state index in [9.17, 15) is 9.59 Å². The average Bonchev–Trinajstić information content (AvgIpc) is 2.99. The van der Waals surface area contributed by atoms with Crippen molar-refractivity contribution in [1.82, 2.24) is 15.5 Å². The standard InChI is InChI=1S/C17H22N4O3/c1-3-5-10-19-16(23)14-15(12-9-6-7-11-18-12)21-24-17(14)20-13(22)8-4-2/h6-7,9,11H,3-5,8,10H2,1-2H3,(H,19,23)(H,20,22). The summed E-state index contributed by atoms with van der Waals surface area (Å²) in [6, 6.07) is 5.30. The van der Waals surface area contributed by atoms with Crippen molar-refractivity contribution in [3.05, 3.63) is 30.0 Å². The number of carbonyl (C=O) groups excluding carboxylic acids is 2. The van der Waals surface area contributed by atoms with E-state index in [1.807, 2.05) is 13.8 Å². The van der Waals surface area contributed by atoms with Crippen LogP contribution in [-0.2, 0) is 4.79 Å². The normalized spacial score (nSPS) is 10.4. The van der Waals surface area contributed by atoms with Gasteiger partial charge in [-0.25, -0.2) is 0 Å². The maximum atomic E-state index is 12.5. The number of hydrogen-bond donors (Lipinski definition) is 2. The summed E-state index contributed by atoms with van der Waals surface area (Å²) in [5.41, 5.74) is 1.03. The number of nitrogens with one attached hydrogen (secondary N) is 2. The van der Waals surface area contributed by atoms with Gasteiger partial charge in [-0.2, -0.15) is 0 Å². The lowest BCUT2D eigenvalue weighted by molar-refractivity contribution is -0.116. The van der Waals surface area contributed by atoms with Gasteiger partial charge in [0.1, 0.15) is 11.3 Å². The molecule has 0 saturated carbocycles. The Labute approximate surface area is 140 Å². The van der Waals surface area contributed by atoms with Gasteiger partial charge in [0, 0.05) is 19.2 Å². The van der Waals surface area contributed by atoms with Crippen molar-refractivity contribution in [2.24, 2.45) is 0 Å². The monoisotopic (exact) mass is 330 g/mol. The zero-order valence-electron chi connectivity index (χ0n) is 14.0. The maximum Gasteiger partial charge on any atom is 0.259 e. The van der Waals surface area contributed by atoms with Crippen molar-refractivity contribution in [2.45, 2.75) is 39.5 Å². The minimum absolute atomic E-state index is 0.0584. The molecule has 24 heavy (non-hydrogen) atoms. The molecule has 2 rings (SSSR count). The number of anilines is 1. The van der Waals surface area contributed by atoms with Crippen LogP contribution < -0.4 is 10.6 Å². The Kier molecular flexibility index (Phi) is 6.48. The van der Waals surface area contributed by atoms with E-state index < -0.39 is 0 Å².